The summed E-state index contributed by atoms with van der Waals surface area (Å²) < 4.78 is 13.3. The highest BCUT2D eigenvalue weighted by Crippen LogP contribution is 2.20. The zero-order valence-electron chi connectivity index (χ0n) is 9.37. The number of rotatable bonds is 4. The third-order valence-electron chi connectivity index (χ3n) is 2.57. The Hall–Kier alpha value is -1.39. The molecule has 0 amide bonds. The van der Waals surface area contributed by atoms with Crippen LogP contribution in [0.3, 0.4) is 0 Å². The third-order valence-corrected chi connectivity index (χ3v) is 2.88. The number of nitrogens with zero attached hydrogens (tertiary/aromatic N) is 1. The van der Waals surface area contributed by atoms with E-state index in [1.54, 1.807) is 18.5 Å². The maximum Gasteiger partial charge on any atom is 0.142 e. The third kappa shape index (κ3) is 3.05. The Morgan fingerprint density at radius 3 is 3.00 bits per heavy atom. The van der Waals surface area contributed by atoms with Crippen molar-refractivity contribution < 1.29 is 4.39 Å². The van der Waals surface area contributed by atoms with Gasteiger partial charge >= 0.3 is 0 Å². The summed E-state index contributed by atoms with van der Waals surface area (Å²) in [5, 5.41) is 3.39. The van der Waals surface area contributed by atoms with Gasteiger partial charge in [0.2, 0.25) is 0 Å². The molecule has 0 aliphatic heterocycles. The minimum Gasteiger partial charge on any atom is -0.348 e. The van der Waals surface area contributed by atoms with Crippen LogP contribution in [-0.2, 0) is 6.54 Å². The highest BCUT2D eigenvalue weighted by molar-refractivity contribution is 6.30. The molecule has 3 nitrogen and oxygen atoms in total. The molecule has 1 heterocycles. The van der Waals surface area contributed by atoms with Gasteiger partial charge in [0, 0.05) is 18.4 Å². The number of hydrogen-bond donors (Lipinski definition) is 2. The standard InChI is InChI=1S/C12H13ClFN3/c1-8(17-7-12-15-4-5-16-12)9-2-3-10(13)11(14)6-9/h2-6,8,17H,7H2,1H3,(H,15,16). The average Bonchev–Trinajstić information content (AvgIpc) is 2.82. The van der Waals surface area contributed by atoms with Crippen molar-refractivity contribution in [2.45, 2.75) is 19.5 Å². The van der Waals surface area contributed by atoms with Crippen molar-refractivity contribution in [2.75, 3.05) is 0 Å². The molecular weight excluding hydrogens is 241 g/mol. The SMILES string of the molecule is CC(NCc1ncc[nH]1)c1ccc(Cl)c(F)c1. The summed E-state index contributed by atoms with van der Waals surface area (Å²) in [5.74, 6) is 0.460. The minimum atomic E-state index is -0.393. The number of aromatic amines is 1. The second-order valence-corrected chi connectivity index (χ2v) is 4.22. The number of halogens is 2. The molecule has 5 heteroatoms. The Labute approximate surface area is 104 Å². The van der Waals surface area contributed by atoms with Gasteiger partial charge in [0.15, 0.2) is 0 Å². The Bertz CT molecular complexity index is 485. The molecule has 17 heavy (non-hydrogen) atoms. The largest absolute Gasteiger partial charge is 0.348 e. The lowest BCUT2D eigenvalue weighted by atomic mass is 10.1. The van der Waals surface area contributed by atoms with E-state index in [1.807, 2.05) is 13.0 Å². The second-order valence-electron chi connectivity index (χ2n) is 3.81. The second kappa shape index (κ2) is 5.29. The van der Waals surface area contributed by atoms with E-state index < -0.39 is 5.82 Å². The fourth-order valence-electron chi connectivity index (χ4n) is 1.54. The van der Waals surface area contributed by atoms with Crippen LogP contribution in [0.4, 0.5) is 4.39 Å². The molecule has 2 N–H and O–H groups in total. The molecule has 90 valence electrons. The Kier molecular flexibility index (Phi) is 3.76. The number of hydrogen-bond acceptors (Lipinski definition) is 2. The zero-order chi connectivity index (χ0) is 12.3. The van der Waals surface area contributed by atoms with Crippen molar-refractivity contribution in [1.82, 2.24) is 15.3 Å². The summed E-state index contributed by atoms with van der Waals surface area (Å²) in [6.45, 7) is 2.57. The first-order chi connectivity index (χ1) is 8.16. The monoisotopic (exact) mass is 253 g/mol. The van der Waals surface area contributed by atoms with Crippen LogP contribution in [0.1, 0.15) is 24.4 Å². The Morgan fingerprint density at radius 1 is 1.53 bits per heavy atom. The van der Waals surface area contributed by atoms with E-state index >= 15 is 0 Å². The maximum absolute atomic E-state index is 13.3. The highest BCUT2D eigenvalue weighted by Gasteiger charge is 2.08. The van der Waals surface area contributed by atoms with Gasteiger partial charge in [0.1, 0.15) is 11.6 Å². The van der Waals surface area contributed by atoms with Crippen LogP contribution in [0.25, 0.3) is 0 Å². The lowest BCUT2D eigenvalue weighted by Crippen LogP contribution is -2.18. The molecule has 1 unspecified atom stereocenters. The molecule has 1 aromatic carbocycles. The topological polar surface area (TPSA) is 40.7 Å². The number of H-pyrrole nitrogens is 1. The molecule has 1 aromatic heterocycles. The average molecular weight is 254 g/mol. The Balaban J connectivity index is 1.99. The fourth-order valence-corrected chi connectivity index (χ4v) is 1.66. The number of benzene rings is 1. The molecule has 2 rings (SSSR count). The van der Waals surface area contributed by atoms with E-state index in [2.05, 4.69) is 15.3 Å². The van der Waals surface area contributed by atoms with Crippen molar-refractivity contribution in [3.8, 4) is 0 Å². The van der Waals surface area contributed by atoms with Crippen molar-refractivity contribution >= 4 is 11.6 Å². The number of imidazole rings is 1. The van der Waals surface area contributed by atoms with Gasteiger partial charge in [0.05, 0.1) is 11.6 Å². The van der Waals surface area contributed by atoms with E-state index in [-0.39, 0.29) is 11.1 Å². The van der Waals surface area contributed by atoms with E-state index in [0.717, 1.165) is 11.4 Å². The first-order valence-corrected chi connectivity index (χ1v) is 5.71. The quantitative estimate of drug-likeness (QED) is 0.879. The maximum atomic E-state index is 13.3. The predicted octanol–water partition coefficient (Wildman–Crippen LogP) is 3.05. The first kappa shape index (κ1) is 12.1. The molecule has 0 saturated carbocycles. The summed E-state index contributed by atoms with van der Waals surface area (Å²) in [6, 6.07) is 4.86. The van der Waals surface area contributed by atoms with Gasteiger partial charge in [-0.25, -0.2) is 9.37 Å². The van der Waals surface area contributed by atoms with Crippen LogP contribution < -0.4 is 5.32 Å². The fraction of sp³-hybridized carbons (Fsp3) is 0.250. The Morgan fingerprint density at radius 2 is 2.35 bits per heavy atom. The van der Waals surface area contributed by atoms with Crippen LogP contribution in [-0.4, -0.2) is 9.97 Å². The van der Waals surface area contributed by atoms with Crippen molar-refractivity contribution in [1.29, 1.82) is 0 Å². The minimum absolute atomic E-state index is 0.0341. The highest BCUT2D eigenvalue weighted by atomic mass is 35.5. The zero-order valence-corrected chi connectivity index (χ0v) is 10.1. The van der Waals surface area contributed by atoms with E-state index in [9.17, 15) is 4.39 Å². The summed E-state index contributed by atoms with van der Waals surface area (Å²) >= 11 is 5.63. The first-order valence-electron chi connectivity index (χ1n) is 5.33. The van der Waals surface area contributed by atoms with Crippen LogP contribution in [0.15, 0.2) is 30.6 Å². The van der Waals surface area contributed by atoms with Crippen LogP contribution in [0.2, 0.25) is 5.02 Å². The van der Waals surface area contributed by atoms with Gasteiger partial charge in [-0.15, -0.1) is 0 Å². The molecule has 0 saturated heterocycles. The van der Waals surface area contributed by atoms with E-state index in [0.29, 0.717) is 6.54 Å². The molecule has 2 aromatic rings. The molecule has 1 atom stereocenters. The molecule has 0 spiro atoms. The number of aromatic nitrogens is 2. The molecule has 0 radical (unpaired) electrons. The summed E-state index contributed by atoms with van der Waals surface area (Å²) in [5.41, 5.74) is 0.860. The van der Waals surface area contributed by atoms with E-state index in [4.69, 9.17) is 11.6 Å². The van der Waals surface area contributed by atoms with Crippen molar-refractivity contribution in [3.63, 3.8) is 0 Å². The van der Waals surface area contributed by atoms with Crippen LogP contribution in [0, 0.1) is 5.82 Å². The van der Waals surface area contributed by atoms with Gasteiger partial charge in [0.25, 0.3) is 0 Å². The van der Waals surface area contributed by atoms with Crippen molar-refractivity contribution in [3.05, 3.63) is 52.8 Å². The van der Waals surface area contributed by atoms with Crippen molar-refractivity contribution in [2.24, 2.45) is 0 Å². The molecular formula is C12H13ClFN3. The van der Waals surface area contributed by atoms with Gasteiger partial charge in [-0.3, -0.25) is 0 Å². The molecule has 0 aliphatic carbocycles. The molecule has 0 aliphatic rings. The normalized spacial score (nSPS) is 12.6. The smallest absolute Gasteiger partial charge is 0.142 e. The summed E-state index contributed by atoms with van der Waals surface area (Å²) in [4.78, 5) is 7.10. The number of nitrogens with one attached hydrogen (secondary N) is 2. The van der Waals surface area contributed by atoms with Gasteiger partial charge in [-0.05, 0) is 24.6 Å². The van der Waals surface area contributed by atoms with Gasteiger partial charge < -0.3 is 10.3 Å². The lowest BCUT2D eigenvalue weighted by Gasteiger charge is -2.13. The molecule has 0 bridgehead atoms. The predicted molar refractivity (Wildman–Crippen MR) is 65.3 cm³/mol. The van der Waals surface area contributed by atoms with E-state index in [1.165, 1.54) is 6.07 Å². The summed E-state index contributed by atoms with van der Waals surface area (Å²) in [7, 11) is 0. The van der Waals surface area contributed by atoms with Gasteiger partial charge in [-0.1, -0.05) is 17.7 Å². The molecule has 0 fully saturated rings. The lowest BCUT2D eigenvalue weighted by molar-refractivity contribution is 0.554. The van der Waals surface area contributed by atoms with Crippen LogP contribution >= 0.6 is 11.6 Å². The summed E-state index contributed by atoms with van der Waals surface area (Å²) in [6.07, 6.45) is 3.47. The van der Waals surface area contributed by atoms with Crippen LogP contribution in [0.5, 0.6) is 0 Å². The van der Waals surface area contributed by atoms with Gasteiger partial charge in [-0.2, -0.15) is 0 Å².